The lowest BCUT2D eigenvalue weighted by Gasteiger charge is -2.12. The molecule has 0 unspecified atom stereocenters. The summed E-state index contributed by atoms with van der Waals surface area (Å²) in [6.07, 6.45) is 3.77. The van der Waals surface area contributed by atoms with E-state index >= 15 is 0 Å². The highest BCUT2D eigenvalue weighted by Gasteiger charge is 2.33. The van der Waals surface area contributed by atoms with Gasteiger partial charge in [0.2, 0.25) is 0 Å². The lowest BCUT2D eigenvalue weighted by atomic mass is 10.1. The summed E-state index contributed by atoms with van der Waals surface area (Å²) in [5.74, 6) is -0.713. The molecule has 1 aromatic carbocycles. The molecule has 0 aromatic heterocycles. The third kappa shape index (κ3) is 4.77. The molecule has 0 aliphatic carbocycles. The molecule has 23 heavy (non-hydrogen) atoms. The first kappa shape index (κ1) is 17.4. The molecule has 1 fully saturated rings. The first-order valence-corrected chi connectivity index (χ1v) is 8.38. The van der Waals surface area contributed by atoms with Crippen molar-refractivity contribution in [1.82, 2.24) is 4.90 Å². The van der Waals surface area contributed by atoms with Gasteiger partial charge in [-0.05, 0) is 31.1 Å². The number of thioether (sulfide) groups is 1. The molecule has 1 aliphatic rings. The number of nitrogens with zero attached hydrogens (tertiary/aromatic N) is 1. The van der Waals surface area contributed by atoms with Crippen LogP contribution in [-0.4, -0.2) is 34.2 Å². The maximum atomic E-state index is 12.4. The van der Waals surface area contributed by atoms with Gasteiger partial charge in [0.05, 0.1) is 11.5 Å². The smallest absolute Gasteiger partial charge is 0.326 e. The van der Waals surface area contributed by atoms with Gasteiger partial charge in [-0.15, -0.1) is 0 Å². The normalized spacial score (nSPS) is 17.0. The van der Waals surface area contributed by atoms with Gasteiger partial charge >= 0.3 is 5.97 Å². The van der Waals surface area contributed by atoms with Crippen molar-refractivity contribution in [1.29, 1.82) is 0 Å². The van der Waals surface area contributed by atoms with E-state index in [-0.39, 0.29) is 19.1 Å². The second-order valence-electron chi connectivity index (χ2n) is 4.87. The highest BCUT2D eigenvalue weighted by Crippen LogP contribution is 2.31. The molecule has 0 N–H and O–H groups in total. The molecule has 0 saturated carbocycles. The SMILES string of the molecule is CCOC(=O)CN1C(=O)C(=CC(C)=Cc2ccccc2)SC1=S. The average molecular weight is 347 g/mol. The third-order valence-corrected chi connectivity index (χ3v) is 4.40. The first-order chi connectivity index (χ1) is 11.0. The Hall–Kier alpha value is -1.92. The number of thiocarbonyl (C=S) groups is 1. The van der Waals surface area contributed by atoms with Crippen LogP contribution in [0, 0.1) is 0 Å². The molecule has 0 spiro atoms. The molecular weight excluding hydrogens is 330 g/mol. The Labute approximate surface area is 145 Å². The van der Waals surface area contributed by atoms with E-state index in [9.17, 15) is 9.59 Å². The summed E-state index contributed by atoms with van der Waals surface area (Å²) >= 11 is 6.38. The largest absolute Gasteiger partial charge is 0.465 e. The number of rotatable bonds is 5. The van der Waals surface area contributed by atoms with Gasteiger partial charge < -0.3 is 4.74 Å². The Morgan fingerprint density at radius 2 is 2.04 bits per heavy atom. The topological polar surface area (TPSA) is 46.6 Å². The second-order valence-corrected chi connectivity index (χ2v) is 6.55. The van der Waals surface area contributed by atoms with E-state index in [2.05, 4.69) is 0 Å². The maximum absolute atomic E-state index is 12.4. The molecule has 0 radical (unpaired) electrons. The fourth-order valence-electron chi connectivity index (χ4n) is 2.03. The van der Waals surface area contributed by atoms with Gasteiger partial charge in [-0.3, -0.25) is 14.5 Å². The summed E-state index contributed by atoms with van der Waals surface area (Å²) in [4.78, 5) is 25.7. The fourth-order valence-corrected chi connectivity index (χ4v) is 3.34. The number of amides is 1. The lowest BCUT2D eigenvalue weighted by Crippen LogP contribution is -2.34. The molecule has 1 amide bonds. The average Bonchev–Trinajstić information content (AvgIpc) is 2.76. The number of hydrogen-bond acceptors (Lipinski definition) is 5. The summed E-state index contributed by atoms with van der Waals surface area (Å²) in [5, 5.41) is 0. The number of esters is 1. The monoisotopic (exact) mass is 347 g/mol. The van der Waals surface area contributed by atoms with Crippen LogP contribution in [-0.2, 0) is 14.3 Å². The van der Waals surface area contributed by atoms with E-state index in [0.717, 1.165) is 11.1 Å². The third-order valence-electron chi connectivity index (χ3n) is 3.02. The maximum Gasteiger partial charge on any atom is 0.326 e. The van der Waals surface area contributed by atoms with Crippen molar-refractivity contribution in [2.45, 2.75) is 13.8 Å². The van der Waals surface area contributed by atoms with Crippen molar-refractivity contribution >= 4 is 46.3 Å². The number of allylic oxidation sites excluding steroid dienone is 2. The summed E-state index contributed by atoms with van der Waals surface area (Å²) in [5.41, 5.74) is 2.00. The predicted molar refractivity (Wildman–Crippen MR) is 96.7 cm³/mol. The van der Waals surface area contributed by atoms with E-state index in [1.807, 2.05) is 43.3 Å². The lowest BCUT2D eigenvalue weighted by molar-refractivity contribution is -0.145. The number of benzene rings is 1. The van der Waals surface area contributed by atoms with E-state index in [4.69, 9.17) is 17.0 Å². The Morgan fingerprint density at radius 1 is 1.35 bits per heavy atom. The number of ether oxygens (including phenoxy) is 1. The van der Waals surface area contributed by atoms with Crippen LogP contribution in [0.5, 0.6) is 0 Å². The summed E-state index contributed by atoms with van der Waals surface area (Å²) in [6.45, 7) is 3.78. The van der Waals surface area contributed by atoms with Gasteiger partial charge in [-0.25, -0.2) is 0 Å². The standard InChI is InChI=1S/C17H17NO3S2/c1-3-21-15(19)11-18-16(20)14(23-17(18)22)10-12(2)9-13-7-5-4-6-8-13/h4-10H,3,11H2,1-2H3. The van der Waals surface area contributed by atoms with Crippen LogP contribution in [0.3, 0.4) is 0 Å². The second kappa shape index (κ2) is 8.08. The fraction of sp³-hybridized carbons (Fsp3) is 0.235. The van der Waals surface area contributed by atoms with Crippen molar-refractivity contribution in [2.24, 2.45) is 0 Å². The molecule has 4 nitrogen and oxygen atoms in total. The van der Waals surface area contributed by atoms with Crippen molar-refractivity contribution < 1.29 is 14.3 Å². The van der Waals surface area contributed by atoms with Crippen LogP contribution in [0.4, 0.5) is 0 Å². The highest BCUT2D eigenvalue weighted by atomic mass is 32.2. The number of carbonyl (C=O) groups excluding carboxylic acids is 2. The Morgan fingerprint density at radius 3 is 2.70 bits per heavy atom. The number of hydrogen-bond donors (Lipinski definition) is 0. The molecule has 0 atom stereocenters. The molecule has 120 valence electrons. The summed E-state index contributed by atoms with van der Waals surface area (Å²) in [7, 11) is 0. The highest BCUT2D eigenvalue weighted by molar-refractivity contribution is 8.26. The molecule has 1 heterocycles. The Balaban J connectivity index is 2.12. The van der Waals surface area contributed by atoms with E-state index < -0.39 is 5.97 Å². The molecule has 6 heteroatoms. The molecule has 0 bridgehead atoms. The minimum atomic E-state index is -0.457. The van der Waals surface area contributed by atoms with Crippen LogP contribution in [0.25, 0.3) is 6.08 Å². The van der Waals surface area contributed by atoms with Crippen LogP contribution in [0.15, 0.2) is 46.9 Å². The van der Waals surface area contributed by atoms with Gasteiger partial charge in [0.25, 0.3) is 5.91 Å². The molecule has 1 aromatic rings. The van der Waals surface area contributed by atoms with E-state index in [0.29, 0.717) is 9.23 Å². The van der Waals surface area contributed by atoms with Crippen LogP contribution in [0.1, 0.15) is 19.4 Å². The summed E-state index contributed by atoms with van der Waals surface area (Å²) in [6, 6.07) is 9.84. The van der Waals surface area contributed by atoms with Gasteiger partial charge in [-0.2, -0.15) is 0 Å². The minimum Gasteiger partial charge on any atom is -0.465 e. The van der Waals surface area contributed by atoms with Gasteiger partial charge in [-0.1, -0.05) is 60.4 Å². The van der Waals surface area contributed by atoms with E-state index in [1.54, 1.807) is 13.0 Å². The molecular formula is C17H17NO3S2. The zero-order valence-electron chi connectivity index (χ0n) is 12.9. The zero-order valence-corrected chi connectivity index (χ0v) is 14.6. The van der Waals surface area contributed by atoms with Crippen LogP contribution in [0.2, 0.25) is 0 Å². The van der Waals surface area contributed by atoms with Crippen molar-refractivity contribution in [3.05, 3.63) is 52.4 Å². The quantitative estimate of drug-likeness (QED) is 0.464. The molecule has 1 saturated heterocycles. The Bertz CT molecular complexity index is 680. The van der Waals surface area contributed by atoms with Gasteiger partial charge in [0.1, 0.15) is 10.9 Å². The predicted octanol–water partition coefficient (Wildman–Crippen LogP) is 3.40. The van der Waals surface area contributed by atoms with Crippen molar-refractivity contribution in [2.75, 3.05) is 13.2 Å². The molecule has 2 rings (SSSR count). The van der Waals surface area contributed by atoms with Crippen molar-refractivity contribution in [3.63, 3.8) is 0 Å². The molecule has 1 aliphatic heterocycles. The zero-order chi connectivity index (χ0) is 16.8. The van der Waals surface area contributed by atoms with Crippen molar-refractivity contribution in [3.8, 4) is 0 Å². The van der Waals surface area contributed by atoms with Gasteiger partial charge in [0, 0.05) is 0 Å². The first-order valence-electron chi connectivity index (χ1n) is 7.15. The summed E-state index contributed by atoms with van der Waals surface area (Å²) < 4.78 is 5.24. The van der Waals surface area contributed by atoms with Crippen LogP contribution >= 0.6 is 24.0 Å². The number of carbonyl (C=O) groups is 2. The Kier molecular flexibility index (Phi) is 6.12. The van der Waals surface area contributed by atoms with Gasteiger partial charge in [0.15, 0.2) is 0 Å². The van der Waals surface area contributed by atoms with Crippen LogP contribution < -0.4 is 0 Å². The minimum absolute atomic E-state index is 0.142. The van der Waals surface area contributed by atoms with E-state index in [1.165, 1.54) is 16.7 Å².